The molecule has 7 rings (SSSR count). The van der Waals surface area contributed by atoms with Gasteiger partial charge >= 0.3 is 11.9 Å². The minimum absolute atomic E-state index is 0.203. The topological polar surface area (TPSA) is 52.6 Å². The lowest BCUT2D eigenvalue weighted by molar-refractivity contribution is -0.137. The summed E-state index contributed by atoms with van der Waals surface area (Å²) in [5.41, 5.74) is 6.93. The molecule has 6 aromatic rings. The lowest BCUT2D eigenvalue weighted by Gasteiger charge is -2.34. The molecule has 0 saturated carbocycles. The molecule has 0 atom stereocenters. The average Bonchev–Trinajstić information content (AvgIpc) is 3.35. The van der Waals surface area contributed by atoms with E-state index in [1.54, 1.807) is 6.92 Å². The van der Waals surface area contributed by atoms with Crippen molar-refractivity contribution in [2.45, 2.75) is 26.2 Å². The molecule has 0 N–H and O–H groups in total. The fourth-order valence-corrected chi connectivity index (χ4v) is 6.49. The smallest absolute Gasteiger partial charge is 0.338 e. The number of hydrogen-bond acceptors (Lipinski definition) is 4. The Labute approximate surface area is 262 Å². The second-order valence-corrected chi connectivity index (χ2v) is 12.0. The third kappa shape index (κ3) is 4.70. The molecule has 0 unspecified atom stereocenters. The normalized spacial score (nSPS) is 13.0. The molecule has 45 heavy (non-hydrogen) atoms. The Morgan fingerprint density at radius 1 is 0.600 bits per heavy atom. The summed E-state index contributed by atoms with van der Waals surface area (Å²) in [6, 6.07) is 41.9. The zero-order chi connectivity index (χ0) is 31.3. The van der Waals surface area contributed by atoms with Crippen LogP contribution in [0.4, 0.5) is 0 Å². The Kier molecular flexibility index (Phi) is 6.86. The van der Waals surface area contributed by atoms with Crippen LogP contribution in [0.15, 0.2) is 133 Å². The van der Waals surface area contributed by atoms with Gasteiger partial charge in [0.25, 0.3) is 0 Å². The van der Waals surface area contributed by atoms with Crippen LogP contribution in [-0.2, 0) is 15.0 Å². The van der Waals surface area contributed by atoms with Crippen molar-refractivity contribution >= 4 is 33.5 Å². The first-order chi connectivity index (χ1) is 21.8. The summed E-state index contributed by atoms with van der Waals surface area (Å²) in [5.74, 6) is 0.142. The molecule has 0 aromatic heterocycles. The second kappa shape index (κ2) is 10.9. The predicted molar refractivity (Wildman–Crippen MR) is 180 cm³/mol. The van der Waals surface area contributed by atoms with E-state index in [9.17, 15) is 9.59 Å². The standard InChI is InChI=1S/C41H32O4/c1-25(2)39(42)44-33-19-15-27-21-31(17-13-29(27)23-33)41(37-11-7-5-9-35(37)36-10-6-8-12-38(36)41)32-18-14-30-24-34(20-16-28(30)22-32)45-40(43)26(3)4/h5-24,26H,1H2,2-4H3. The maximum absolute atomic E-state index is 12.2. The van der Waals surface area contributed by atoms with E-state index in [-0.39, 0.29) is 11.9 Å². The van der Waals surface area contributed by atoms with Crippen molar-refractivity contribution in [3.8, 4) is 22.6 Å². The largest absolute Gasteiger partial charge is 0.426 e. The summed E-state index contributed by atoms with van der Waals surface area (Å²) in [4.78, 5) is 24.4. The highest BCUT2D eigenvalue weighted by atomic mass is 16.5. The van der Waals surface area contributed by atoms with Gasteiger partial charge in [-0.15, -0.1) is 0 Å². The minimum Gasteiger partial charge on any atom is -0.426 e. The third-order valence-corrected chi connectivity index (χ3v) is 8.69. The van der Waals surface area contributed by atoms with Gasteiger partial charge in [0, 0.05) is 5.57 Å². The van der Waals surface area contributed by atoms with Crippen LogP contribution in [0.5, 0.6) is 11.5 Å². The van der Waals surface area contributed by atoms with E-state index in [2.05, 4.69) is 91.5 Å². The van der Waals surface area contributed by atoms with Crippen LogP contribution in [0.1, 0.15) is 43.0 Å². The van der Waals surface area contributed by atoms with E-state index in [1.165, 1.54) is 22.3 Å². The van der Waals surface area contributed by atoms with Crippen LogP contribution in [0.25, 0.3) is 32.7 Å². The molecule has 0 fully saturated rings. The molecule has 0 aliphatic heterocycles. The van der Waals surface area contributed by atoms with Crippen molar-refractivity contribution in [1.29, 1.82) is 0 Å². The Balaban J connectivity index is 1.42. The Morgan fingerprint density at radius 2 is 1.04 bits per heavy atom. The van der Waals surface area contributed by atoms with Crippen molar-refractivity contribution < 1.29 is 19.1 Å². The zero-order valence-corrected chi connectivity index (χ0v) is 25.5. The molecule has 0 saturated heterocycles. The third-order valence-electron chi connectivity index (χ3n) is 8.69. The number of esters is 2. The molecule has 1 aliphatic rings. The van der Waals surface area contributed by atoms with Crippen LogP contribution >= 0.6 is 0 Å². The first kappa shape index (κ1) is 28.3. The highest BCUT2D eigenvalue weighted by Crippen LogP contribution is 2.56. The number of benzene rings is 6. The Hall–Kier alpha value is -5.48. The molecule has 0 bridgehead atoms. The molecule has 0 heterocycles. The fourth-order valence-electron chi connectivity index (χ4n) is 6.49. The Bertz CT molecular complexity index is 2130. The number of hydrogen-bond donors (Lipinski definition) is 0. The maximum Gasteiger partial charge on any atom is 0.338 e. The van der Waals surface area contributed by atoms with Crippen LogP contribution in [0.3, 0.4) is 0 Å². The number of fused-ring (bicyclic) bond motifs is 5. The molecule has 0 spiro atoms. The van der Waals surface area contributed by atoms with Crippen molar-refractivity contribution in [1.82, 2.24) is 0 Å². The maximum atomic E-state index is 12.2. The molecule has 6 aromatic carbocycles. The van der Waals surface area contributed by atoms with Gasteiger partial charge in [-0.1, -0.05) is 105 Å². The predicted octanol–water partition coefficient (Wildman–Crippen LogP) is 9.40. The zero-order valence-electron chi connectivity index (χ0n) is 25.5. The first-order valence-electron chi connectivity index (χ1n) is 15.1. The van der Waals surface area contributed by atoms with E-state index >= 15 is 0 Å². The highest BCUT2D eigenvalue weighted by Gasteiger charge is 2.46. The summed E-state index contributed by atoms with van der Waals surface area (Å²) < 4.78 is 11.1. The van der Waals surface area contributed by atoms with Gasteiger partial charge in [-0.05, 0) is 98.2 Å². The first-order valence-corrected chi connectivity index (χ1v) is 15.1. The van der Waals surface area contributed by atoms with Gasteiger partial charge in [0.1, 0.15) is 11.5 Å². The SMILES string of the molecule is C=C(C)C(=O)Oc1ccc2cc(C3(c4ccc5cc(OC(=O)C(C)C)ccc5c4)c4ccccc4-c4ccccc43)ccc2c1. The van der Waals surface area contributed by atoms with E-state index in [4.69, 9.17) is 9.47 Å². The molecule has 1 aliphatic carbocycles. The van der Waals surface area contributed by atoms with Crippen molar-refractivity contribution in [3.05, 3.63) is 156 Å². The van der Waals surface area contributed by atoms with E-state index in [0.717, 1.165) is 32.7 Å². The number of ether oxygens (including phenoxy) is 2. The summed E-state index contributed by atoms with van der Waals surface area (Å²) in [5, 5.41) is 4.07. The van der Waals surface area contributed by atoms with Gasteiger partial charge in [0.05, 0.1) is 11.3 Å². The van der Waals surface area contributed by atoms with Crippen LogP contribution in [-0.4, -0.2) is 11.9 Å². The average molecular weight is 589 g/mol. The molecule has 0 radical (unpaired) electrons. The van der Waals surface area contributed by atoms with Crippen molar-refractivity contribution in [2.75, 3.05) is 0 Å². The molecule has 4 nitrogen and oxygen atoms in total. The van der Waals surface area contributed by atoms with Gasteiger partial charge in [0.2, 0.25) is 0 Å². The molecular weight excluding hydrogens is 556 g/mol. The molecule has 4 heteroatoms. The highest BCUT2D eigenvalue weighted by molar-refractivity contribution is 5.93. The van der Waals surface area contributed by atoms with Crippen molar-refractivity contribution in [3.63, 3.8) is 0 Å². The quantitative estimate of drug-likeness (QED) is 0.110. The monoisotopic (exact) mass is 588 g/mol. The van der Waals surface area contributed by atoms with E-state index < -0.39 is 11.4 Å². The minimum atomic E-state index is -0.580. The van der Waals surface area contributed by atoms with Gasteiger partial charge in [-0.2, -0.15) is 0 Å². The van der Waals surface area contributed by atoms with Crippen LogP contribution < -0.4 is 9.47 Å². The number of carbonyl (C=O) groups excluding carboxylic acids is 2. The van der Waals surface area contributed by atoms with Gasteiger partial charge in [-0.3, -0.25) is 4.79 Å². The van der Waals surface area contributed by atoms with Crippen LogP contribution in [0, 0.1) is 5.92 Å². The summed E-state index contributed by atoms with van der Waals surface area (Å²) in [6.45, 7) is 8.99. The van der Waals surface area contributed by atoms with Gasteiger partial charge in [-0.25, -0.2) is 4.79 Å². The van der Waals surface area contributed by atoms with Gasteiger partial charge in [0.15, 0.2) is 0 Å². The number of rotatable bonds is 6. The van der Waals surface area contributed by atoms with Crippen LogP contribution in [0.2, 0.25) is 0 Å². The summed E-state index contributed by atoms with van der Waals surface area (Å²) >= 11 is 0. The van der Waals surface area contributed by atoms with Crippen molar-refractivity contribution in [2.24, 2.45) is 5.92 Å². The Morgan fingerprint density at radius 3 is 1.53 bits per heavy atom. The summed E-state index contributed by atoms with van der Waals surface area (Å²) in [7, 11) is 0. The molecular formula is C41H32O4. The second-order valence-electron chi connectivity index (χ2n) is 12.0. The molecule has 220 valence electrons. The molecule has 0 amide bonds. The number of carbonyl (C=O) groups is 2. The summed E-state index contributed by atoms with van der Waals surface area (Å²) in [6.07, 6.45) is 0. The lowest BCUT2D eigenvalue weighted by Crippen LogP contribution is -2.28. The fraction of sp³-hybridized carbons (Fsp3) is 0.122. The van der Waals surface area contributed by atoms with E-state index in [0.29, 0.717) is 17.1 Å². The lowest BCUT2D eigenvalue weighted by atomic mass is 9.67. The van der Waals surface area contributed by atoms with Gasteiger partial charge < -0.3 is 9.47 Å². The van der Waals surface area contributed by atoms with E-state index in [1.807, 2.05) is 50.2 Å².